The molecule has 3 aromatic rings. The van der Waals surface area contributed by atoms with Crippen LogP contribution in [-0.4, -0.2) is 36.1 Å². The van der Waals surface area contributed by atoms with Gasteiger partial charge in [-0.2, -0.15) is 13.2 Å². The molecule has 0 saturated heterocycles. The summed E-state index contributed by atoms with van der Waals surface area (Å²) in [5, 5.41) is 2.63. The van der Waals surface area contributed by atoms with E-state index in [9.17, 15) is 18.0 Å². The molecule has 1 N–H and O–H groups in total. The third kappa shape index (κ3) is 4.96. The molecule has 3 rings (SSSR count). The second-order valence-electron chi connectivity index (χ2n) is 6.50. The van der Waals surface area contributed by atoms with Crippen LogP contribution in [0.15, 0.2) is 36.7 Å². The number of ether oxygens (including phenoxy) is 2. The van der Waals surface area contributed by atoms with E-state index < -0.39 is 11.7 Å². The smallest absolute Gasteiger partial charge is 0.417 e. The number of hydrogen-bond donors (Lipinski definition) is 1. The molecule has 0 aliphatic heterocycles. The zero-order chi connectivity index (χ0) is 21.9. The van der Waals surface area contributed by atoms with Crippen molar-refractivity contribution < 1.29 is 27.4 Å². The largest absolute Gasteiger partial charge is 0.493 e. The molecule has 2 aromatic heterocycles. The molecule has 0 atom stereocenters. The lowest BCUT2D eigenvalue weighted by atomic mass is 10.1. The van der Waals surface area contributed by atoms with Crippen LogP contribution in [0.4, 0.5) is 13.2 Å². The summed E-state index contributed by atoms with van der Waals surface area (Å²) in [6.45, 7) is 0.376. The standard InChI is InChI=1S/C20H19ClF3N3O3/c1-29-16-4-3-12(7-17(16)30-2)5-6-25-18(28)9-14-11-27-10-13(20(22,23)24)8-15(21)19(27)26-14/h3-4,7-8,10-11H,5-6,9H2,1-2H3,(H,25,28). The molecule has 10 heteroatoms. The number of nitrogens with one attached hydrogen (secondary N) is 1. The van der Waals surface area contributed by atoms with Crippen molar-refractivity contribution in [2.24, 2.45) is 0 Å². The fourth-order valence-corrected chi connectivity index (χ4v) is 3.21. The molecule has 0 unspecified atom stereocenters. The van der Waals surface area contributed by atoms with E-state index in [1.807, 2.05) is 12.1 Å². The van der Waals surface area contributed by atoms with Crippen LogP contribution in [0.2, 0.25) is 5.02 Å². The topological polar surface area (TPSA) is 64.9 Å². The van der Waals surface area contributed by atoms with Crippen LogP contribution in [0, 0.1) is 0 Å². The molecule has 1 amide bonds. The SMILES string of the molecule is COc1ccc(CCNC(=O)Cc2cn3cc(C(F)(F)F)cc(Cl)c3n2)cc1OC. The summed E-state index contributed by atoms with van der Waals surface area (Å²) in [7, 11) is 3.09. The molecule has 2 heterocycles. The van der Waals surface area contributed by atoms with Gasteiger partial charge < -0.3 is 19.2 Å². The van der Waals surface area contributed by atoms with E-state index in [2.05, 4.69) is 10.3 Å². The number of amides is 1. The first kappa shape index (κ1) is 21.8. The lowest BCUT2D eigenvalue weighted by Crippen LogP contribution is -2.27. The molecule has 0 bridgehead atoms. The molecule has 6 nitrogen and oxygen atoms in total. The first-order valence-corrected chi connectivity index (χ1v) is 9.31. The summed E-state index contributed by atoms with van der Waals surface area (Å²) in [4.78, 5) is 16.4. The summed E-state index contributed by atoms with van der Waals surface area (Å²) in [5.74, 6) is 0.914. The molecule has 0 aliphatic rings. The molecular weight excluding hydrogens is 423 g/mol. The average Bonchev–Trinajstić information content (AvgIpc) is 3.10. The number of benzene rings is 1. The van der Waals surface area contributed by atoms with Gasteiger partial charge in [0.25, 0.3) is 0 Å². The Balaban J connectivity index is 1.61. The highest BCUT2D eigenvalue weighted by molar-refractivity contribution is 6.33. The minimum atomic E-state index is -4.52. The Morgan fingerprint density at radius 1 is 1.17 bits per heavy atom. The summed E-state index contributed by atoms with van der Waals surface area (Å²) in [5.41, 5.74) is 0.549. The highest BCUT2D eigenvalue weighted by Crippen LogP contribution is 2.32. The van der Waals surface area contributed by atoms with Crippen LogP contribution in [0.5, 0.6) is 11.5 Å². The van der Waals surface area contributed by atoms with E-state index in [-0.39, 0.29) is 23.0 Å². The number of carbonyl (C=O) groups excluding carboxylic acids is 1. The molecule has 0 fully saturated rings. The van der Waals surface area contributed by atoms with Gasteiger partial charge in [-0.05, 0) is 30.2 Å². The molecule has 1 aromatic carbocycles. The minimum absolute atomic E-state index is 0.0781. The molecule has 160 valence electrons. The van der Waals surface area contributed by atoms with Gasteiger partial charge in [0.1, 0.15) is 0 Å². The van der Waals surface area contributed by atoms with Crippen molar-refractivity contribution in [3.63, 3.8) is 0 Å². The third-order valence-corrected chi connectivity index (χ3v) is 4.69. The van der Waals surface area contributed by atoms with Crippen molar-refractivity contribution in [2.45, 2.75) is 19.0 Å². The number of pyridine rings is 1. The Morgan fingerprint density at radius 3 is 2.57 bits per heavy atom. The van der Waals surface area contributed by atoms with Gasteiger partial charge in [-0.1, -0.05) is 17.7 Å². The number of hydrogen-bond acceptors (Lipinski definition) is 4. The molecule has 0 saturated carbocycles. The Hall–Kier alpha value is -2.94. The normalized spacial score (nSPS) is 11.5. The monoisotopic (exact) mass is 441 g/mol. The van der Waals surface area contributed by atoms with Gasteiger partial charge >= 0.3 is 6.18 Å². The number of rotatable bonds is 7. The number of imidazole rings is 1. The average molecular weight is 442 g/mol. The van der Waals surface area contributed by atoms with Crippen molar-refractivity contribution in [1.29, 1.82) is 0 Å². The Kier molecular flexibility index (Phi) is 6.40. The predicted molar refractivity (Wildman–Crippen MR) is 105 cm³/mol. The molecule has 0 aliphatic carbocycles. The summed E-state index contributed by atoms with van der Waals surface area (Å²) in [6, 6.07) is 6.30. The molecule has 0 radical (unpaired) electrons. The van der Waals surface area contributed by atoms with Gasteiger partial charge in [-0.25, -0.2) is 4.98 Å². The summed E-state index contributed by atoms with van der Waals surface area (Å²) < 4.78 is 50.3. The first-order chi connectivity index (χ1) is 14.2. The van der Waals surface area contributed by atoms with Gasteiger partial charge in [0.2, 0.25) is 5.91 Å². The van der Waals surface area contributed by atoms with Crippen LogP contribution in [0.3, 0.4) is 0 Å². The molecule has 30 heavy (non-hydrogen) atoms. The zero-order valence-corrected chi connectivity index (χ0v) is 17.0. The summed E-state index contributed by atoms with van der Waals surface area (Å²) >= 11 is 5.91. The minimum Gasteiger partial charge on any atom is -0.493 e. The van der Waals surface area contributed by atoms with Crippen LogP contribution in [0.25, 0.3) is 5.65 Å². The van der Waals surface area contributed by atoms with Crippen LogP contribution in [0.1, 0.15) is 16.8 Å². The number of carbonyl (C=O) groups is 1. The Labute approximate surface area is 175 Å². The molecular formula is C20H19ClF3N3O3. The Bertz CT molecular complexity index is 1070. The second-order valence-corrected chi connectivity index (χ2v) is 6.91. The van der Waals surface area contributed by atoms with Gasteiger partial charge in [0, 0.05) is 18.9 Å². The van der Waals surface area contributed by atoms with Crippen molar-refractivity contribution in [3.05, 3.63) is 58.5 Å². The van der Waals surface area contributed by atoms with Crippen molar-refractivity contribution in [3.8, 4) is 11.5 Å². The number of nitrogens with zero attached hydrogens (tertiary/aromatic N) is 2. The fraction of sp³-hybridized carbons (Fsp3) is 0.300. The Morgan fingerprint density at radius 2 is 1.90 bits per heavy atom. The number of fused-ring (bicyclic) bond motifs is 1. The third-order valence-electron chi connectivity index (χ3n) is 4.41. The molecule has 0 spiro atoms. The van der Waals surface area contributed by atoms with Crippen LogP contribution >= 0.6 is 11.6 Å². The maximum absolute atomic E-state index is 12.9. The number of halogens is 4. The van der Waals surface area contributed by atoms with Crippen molar-refractivity contribution in [1.82, 2.24) is 14.7 Å². The van der Waals surface area contributed by atoms with E-state index in [1.165, 1.54) is 10.6 Å². The lowest BCUT2D eigenvalue weighted by Gasteiger charge is -2.10. The van der Waals surface area contributed by atoms with Crippen molar-refractivity contribution in [2.75, 3.05) is 20.8 Å². The van der Waals surface area contributed by atoms with Gasteiger partial charge in [-0.15, -0.1) is 0 Å². The highest BCUT2D eigenvalue weighted by atomic mass is 35.5. The van der Waals surface area contributed by atoms with Gasteiger partial charge in [-0.3, -0.25) is 4.79 Å². The summed E-state index contributed by atoms with van der Waals surface area (Å²) in [6.07, 6.45) is -1.77. The number of methoxy groups -OCH3 is 2. The lowest BCUT2D eigenvalue weighted by molar-refractivity contribution is -0.137. The van der Waals surface area contributed by atoms with E-state index in [1.54, 1.807) is 20.3 Å². The van der Waals surface area contributed by atoms with Crippen molar-refractivity contribution >= 4 is 23.2 Å². The quantitative estimate of drug-likeness (QED) is 0.603. The fourth-order valence-electron chi connectivity index (χ4n) is 2.96. The van der Waals surface area contributed by atoms with Crippen LogP contribution < -0.4 is 14.8 Å². The van der Waals surface area contributed by atoms with E-state index in [0.29, 0.717) is 30.2 Å². The predicted octanol–water partition coefficient (Wildman–Crippen LogP) is 3.93. The first-order valence-electron chi connectivity index (χ1n) is 8.93. The van der Waals surface area contributed by atoms with Crippen LogP contribution in [-0.2, 0) is 23.8 Å². The zero-order valence-electron chi connectivity index (χ0n) is 16.2. The highest BCUT2D eigenvalue weighted by Gasteiger charge is 2.32. The number of aromatic nitrogens is 2. The van der Waals surface area contributed by atoms with Gasteiger partial charge in [0.15, 0.2) is 17.1 Å². The second kappa shape index (κ2) is 8.83. The maximum Gasteiger partial charge on any atom is 0.417 e. The van der Waals surface area contributed by atoms with Gasteiger partial charge in [0.05, 0.1) is 36.9 Å². The van der Waals surface area contributed by atoms with E-state index in [4.69, 9.17) is 21.1 Å². The maximum atomic E-state index is 12.9. The van der Waals surface area contributed by atoms with E-state index >= 15 is 0 Å². The number of alkyl halides is 3. The van der Waals surface area contributed by atoms with E-state index in [0.717, 1.165) is 17.8 Å².